The smallest absolute Gasteiger partial charge is 0.416 e. The van der Waals surface area contributed by atoms with E-state index < -0.39 is 17.6 Å². The summed E-state index contributed by atoms with van der Waals surface area (Å²) in [6.07, 6.45) is -4.43. The summed E-state index contributed by atoms with van der Waals surface area (Å²) in [4.78, 5) is 12.8. The van der Waals surface area contributed by atoms with Crippen molar-refractivity contribution in [2.24, 2.45) is 0 Å². The van der Waals surface area contributed by atoms with E-state index in [4.69, 9.17) is 27.9 Å². The van der Waals surface area contributed by atoms with Crippen LogP contribution in [0.5, 0.6) is 5.75 Å². The van der Waals surface area contributed by atoms with Crippen molar-refractivity contribution in [1.29, 1.82) is 0 Å². The van der Waals surface area contributed by atoms with Crippen LogP contribution in [-0.4, -0.2) is 5.91 Å². The molecule has 0 saturated carbocycles. The number of alkyl halides is 3. The average Bonchev–Trinajstić information content (AvgIpc) is 3.09. The second-order valence-electron chi connectivity index (χ2n) is 5.67. The minimum Gasteiger partial charge on any atom is -0.487 e. The molecule has 1 heterocycles. The Bertz CT molecular complexity index is 988. The summed E-state index contributed by atoms with van der Waals surface area (Å²) in [5, 5.41) is 5.19. The van der Waals surface area contributed by atoms with E-state index in [1.165, 1.54) is 12.1 Å². The molecule has 0 saturated heterocycles. The Balaban J connectivity index is 1.68. The highest BCUT2D eigenvalue weighted by molar-refractivity contribution is 7.12. The lowest BCUT2D eigenvalue weighted by molar-refractivity contribution is -0.137. The van der Waals surface area contributed by atoms with Crippen molar-refractivity contribution >= 4 is 46.1 Å². The maximum Gasteiger partial charge on any atom is 0.416 e. The van der Waals surface area contributed by atoms with Crippen molar-refractivity contribution in [2.45, 2.75) is 12.8 Å². The predicted octanol–water partition coefficient (Wildman–Crippen LogP) is 6.91. The molecule has 0 aliphatic rings. The molecule has 3 rings (SSSR count). The molecule has 0 spiro atoms. The quantitative estimate of drug-likeness (QED) is 0.463. The summed E-state index contributed by atoms with van der Waals surface area (Å²) in [5.74, 6) is -0.132. The molecule has 146 valence electrons. The zero-order chi connectivity index (χ0) is 20.3. The zero-order valence-electron chi connectivity index (χ0n) is 14.0. The summed E-state index contributed by atoms with van der Waals surface area (Å²) >= 11 is 13.1. The molecule has 28 heavy (non-hydrogen) atoms. The molecule has 1 amide bonds. The first-order chi connectivity index (χ1) is 13.2. The lowest BCUT2D eigenvalue weighted by Crippen LogP contribution is -2.12. The van der Waals surface area contributed by atoms with Crippen molar-refractivity contribution in [3.05, 3.63) is 80.0 Å². The Morgan fingerprint density at radius 1 is 1.07 bits per heavy atom. The molecular formula is C19H12Cl2F3NO2S. The van der Waals surface area contributed by atoms with Crippen LogP contribution in [0.1, 0.15) is 20.8 Å². The number of ether oxygens (including phenoxy) is 1. The molecule has 3 aromatic rings. The third-order valence-corrected chi connectivity index (χ3v) is 5.19. The van der Waals surface area contributed by atoms with Gasteiger partial charge in [-0.15, -0.1) is 11.3 Å². The van der Waals surface area contributed by atoms with Gasteiger partial charge >= 0.3 is 6.18 Å². The Kier molecular flexibility index (Phi) is 6.17. The van der Waals surface area contributed by atoms with Crippen LogP contribution in [0.4, 0.5) is 18.9 Å². The second-order valence-corrected chi connectivity index (χ2v) is 7.43. The number of hydrogen-bond acceptors (Lipinski definition) is 3. The van der Waals surface area contributed by atoms with E-state index in [2.05, 4.69) is 5.32 Å². The van der Waals surface area contributed by atoms with Crippen LogP contribution < -0.4 is 10.1 Å². The summed E-state index contributed by atoms with van der Waals surface area (Å²) in [5.41, 5.74) is 0.162. The van der Waals surface area contributed by atoms with Gasteiger partial charge in [0.15, 0.2) is 0 Å². The van der Waals surface area contributed by atoms with Crippen LogP contribution >= 0.6 is 34.5 Å². The van der Waals surface area contributed by atoms with E-state index >= 15 is 0 Å². The first-order valence-corrected chi connectivity index (χ1v) is 9.50. The van der Waals surface area contributed by atoms with Crippen molar-refractivity contribution in [3.63, 3.8) is 0 Å². The monoisotopic (exact) mass is 445 g/mol. The molecule has 2 aromatic carbocycles. The fraction of sp³-hybridized carbons (Fsp3) is 0.105. The van der Waals surface area contributed by atoms with E-state index in [-0.39, 0.29) is 12.3 Å². The third kappa shape index (κ3) is 4.98. The van der Waals surface area contributed by atoms with Gasteiger partial charge in [-0.1, -0.05) is 29.3 Å². The van der Waals surface area contributed by atoms with Crippen molar-refractivity contribution in [1.82, 2.24) is 0 Å². The fourth-order valence-electron chi connectivity index (χ4n) is 2.30. The highest BCUT2D eigenvalue weighted by atomic mass is 35.5. The Morgan fingerprint density at radius 2 is 1.79 bits per heavy atom. The fourth-order valence-corrected chi connectivity index (χ4v) is 3.49. The molecule has 1 N–H and O–H groups in total. The normalized spacial score (nSPS) is 11.3. The van der Waals surface area contributed by atoms with E-state index in [0.717, 1.165) is 23.5 Å². The number of anilines is 1. The standard InChI is InChI=1S/C19H12Cl2F3NO2S/c20-13-4-1-11(15(21)9-13)10-27-16-7-8-28-17(16)18(26)25-14-5-2-12(3-6-14)19(22,23)24/h1-9H,10H2,(H,25,26). The first-order valence-electron chi connectivity index (χ1n) is 7.87. The van der Waals surface area contributed by atoms with Gasteiger partial charge in [0.05, 0.1) is 5.56 Å². The first kappa shape index (κ1) is 20.5. The number of hydrogen-bond donors (Lipinski definition) is 1. The number of benzene rings is 2. The average molecular weight is 446 g/mol. The van der Waals surface area contributed by atoms with Crippen LogP contribution in [0.3, 0.4) is 0 Å². The molecule has 1 aromatic heterocycles. The van der Waals surface area contributed by atoms with Crippen LogP contribution in [0.2, 0.25) is 10.0 Å². The number of amides is 1. The number of carbonyl (C=O) groups is 1. The molecule has 0 bridgehead atoms. The van der Waals surface area contributed by atoms with E-state index in [1.54, 1.807) is 29.6 Å². The van der Waals surface area contributed by atoms with Gasteiger partial charge in [0.1, 0.15) is 17.2 Å². The second kappa shape index (κ2) is 8.43. The van der Waals surface area contributed by atoms with Crippen LogP contribution in [0, 0.1) is 0 Å². The van der Waals surface area contributed by atoms with Crippen LogP contribution in [-0.2, 0) is 12.8 Å². The molecule has 0 aliphatic carbocycles. The van der Waals surface area contributed by atoms with Gasteiger partial charge in [0.2, 0.25) is 0 Å². The Hall–Kier alpha value is -2.22. The van der Waals surface area contributed by atoms with Gasteiger partial charge in [-0.25, -0.2) is 0 Å². The molecular weight excluding hydrogens is 434 g/mol. The van der Waals surface area contributed by atoms with E-state index in [0.29, 0.717) is 26.2 Å². The summed E-state index contributed by atoms with van der Waals surface area (Å²) in [6, 6.07) is 10.8. The lowest BCUT2D eigenvalue weighted by Gasteiger charge is -2.10. The number of thiophene rings is 1. The number of halogens is 5. The maximum absolute atomic E-state index is 12.6. The largest absolute Gasteiger partial charge is 0.487 e. The minimum atomic E-state index is -4.43. The maximum atomic E-state index is 12.6. The molecule has 0 radical (unpaired) electrons. The van der Waals surface area contributed by atoms with E-state index in [9.17, 15) is 18.0 Å². The van der Waals surface area contributed by atoms with Crippen LogP contribution in [0.15, 0.2) is 53.9 Å². The molecule has 3 nitrogen and oxygen atoms in total. The zero-order valence-corrected chi connectivity index (χ0v) is 16.3. The topological polar surface area (TPSA) is 38.3 Å². The molecule has 0 fully saturated rings. The highest BCUT2D eigenvalue weighted by Gasteiger charge is 2.30. The number of carbonyl (C=O) groups excluding carboxylic acids is 1. The minimum absolute atomic E-state index is 0.132. The Morgan fingerprint density at radius 3 is 2.43 bits per heavy atom. The van der Waals surface area contributed by atoms with Gasteiger partial charge in [-0.2, -0.15) is 13.2 Å². The SMILES string of the molecule is O=C(Nc1ccc(C(F)(F)F)cc1)c1sccc1OCc1ccc(Cl)cc1Cl. The number of rotatable bonds is 5. The molecule has 0 atom stereocenters. The van der Waals surface area contributed by atoms with Crippen molar-refractivity contribution in [3.8, 4) is 5.75 Å². The van der Waals surface area contributed by atoms with Gasteiger partial charge < -0.3 is 10.1 Å². The van der Waals surface area contributed by atoms with Crippen molar-refractivity contribution < 1.29 is 22.7 Å². The summed E-state index contributed by atoms with van der Waals surface area (Å²) < 4.78 is 43.5. The molecule has 0 unspecified atom stereocenters. The van der Waals surface area contributed by atoms with Gasteiger partial charge in [-0.3, -0.25) is 4.79 Å². The molecule has 9 heteroatoms. The molecule has 0 aliphatic heterocycles. The van der Waals surface area contributed by atoms with Crippen molar-refractivity contribution in [2.75, 3.05) is 5.32 Å². The third-order valence-electron chi connectivity index (χ3n) is 3.70. The number of nitrogens with one attached hydrogen (secondary N) is 1. The van der Waals surface area contributed by atoms with E-state index in [1.807, 2.05) is 0 Å². The van der Waals surface area contributed by atoms with Crippen LogP contribution in [0.25, 0.3) is 0 Å². The van der Waals surface area contributed by atoms with Gasteiger partial charge in [-0.05, 0) is 47.8 Å². The van der Waals surface area contributed by atoms with Gasteiger partial charge in [0, 0.05) is 21.3 Å². The summed E-state index contributed by atoms with van der Waals surface area (Å²) in [7, 11) is 0. The van der Waals surface area contributed by atoms with Gasteiger partial charge in [0.25, 0.3) is 5.91 Å². The Labute approximate surface area is 172 Å². The highest BCUT2D eigenvalue weighted by Crippen LogP contribution is 2.31. The lowest BCUT2D eigenvalue weighted by atomic mass is 10.2. The predicted molar refractivity (Wildman–Crippen MR) is 105 cm³/mol. The summed E-state index contributed by atoms with van der Waals surface area (Å²) in [6.45, 7) is 0.132.